The van der Waals surface area contributed by atoms with Crippen LogP contribution in [0.4, 0.5) is 0 Å². The van der Waals surface area contributed by atoms with Gasteiger partial charge in [0.15, 0.2) is 5.03 Å². The van der Waals surface area contributed by atoms with Crippen LogP contribution in [0.5, 0.6) is 0 Å². The molecule has 0 saturated heterocycles. The zero-order valence-electron chi connectivity index (χ0n) is 11.5. The lowest BCUT2D eigenvalue weighted by atomic mass is 10.0. The number of hydrogen-bond donors (Lipinski definition) is 1. The lowest BCUT2D eigenvalue weighted by Crippen LogP contribution is -2.12. The molecule has 19 heavy (non-hydrogen) atoms. The van der Waals surface area contributed by atoms with Gasteiger partial charge in [-0.1, -0.05) is 32.6 Å². The van der Waals surface area contributed by atoms with E-state index in [4.69, 9.17) is 5.14 Å². The molecule has 2 rings (SSSR count). The fraction of sp³-hybridized carbons (Fsp3) is 0.769. The second kappa shape index (κ2) is 6.05. The standard InChI is InChI=1S/C13H23N3O2S/c1-2-5-12-15-13(19(14,17)18)10-16(12)9-8-11-6-3-4-7-11/h10-11H,2-9H2,1H3,(H2,14,17,18). The van der Waals surface area contributed by atoms with Crippen molar-refractivity contribution in [1.29, 1.82) is 0 Å². The average Bonchev–Trinajstić information content (AvgIpc) is 2.94. The van der Waals surface area contributed by atoms with Crippen molar-refractivity contribution in [3.05, 3.63) is 12.0 Å². The number of aromatic nitrogens is 2. The molecule has 1 aromatic heterocycles. The molecule has 0 unspecified atom stereocenters. The van der Waals surface area contributed by atoms with Gasteiger partial charge in [-0.15, -0.1) is 0 Å². The Bertz CT molecular complexity index is 516. The van der Waals surface area contributed by atoms with E-state index >= 15 is 0 Å². The Labute approximate surface area is 115 Å². The third-order valence-corrected chi connectivity index (χ3v) is 4.63. The fourth-order valence-corrected chi connectivity index (χ4v) is 3.31. The summed E-state index contributed by atoms with van der Waals surface area (Å²) < 4.78 is 24.7. The monoisotopic (exact) mass is 285 g/mol. The maximum absolute atomic E-state index is 11.4. The molecule has 1 heterocycles. The Kier molecular flexibility index (Phi) is 4.62. The predicted octanol–water partition coefficient (Wildman–Crippen LogP) is 2.06. The molecule has 0 bridgehead atoms. The molecule has 1 aliphatic carbocycles. The van der Waals surface area contributed by atoms with E-state index in [0.717, 1.165) is 37.5 Å². The van der Waals surface area contributed by atoms with E-state index in [1.165, 1.54) is 25.7 Å². The summed E-state index contributed by atoms with van der Waals surface area (Å²) in [6.45, 7) is 2.91. The Hall–Kier alpha value is -0.880. The first-order valence-electron chi connectivity index (χ1n) is 7.09. The molecule has 0 amide bonds. The van der Waals surface area contributed by atoms with Crippen molar-refractivity contribution in [3.8, 4) is 0 Å². The summed E-state index contributed by atoms with van der Waals surface area (Å²) >= 11 is 0. The van der Waals surface area contributed by atoms with Crippen molar-refractivity contribution in [2.75, 3.05) is 0 Å². The molecule has 2 N–H and O–H groups in total. The maximum Gasteiger partial charge on any atom is 0.257 e. The van der Waals surface area contributed by atoms with E-state index in [0.29, 0.717) is 0 Å². The minimum atomic E-state index is -3.69. The minimum Gasteiger partial charge on any atom is -0.333 e. The summed E-state index contributed by atoms with van der Waals surface area (Å²) in [5.41, 5.74) is 0. The summed E-state index contributed by atoms with van der Waals surface area (Å²) in [6, 6.07) is 0. The van der Waals surface area contributed by atoms with E-state index in [-0.39, 0.29) is 5.03 Å². The third-order valence-electron chi connectivity index (χ3n) is 3.86. The maximum atomic E-state index is 11.4. The smallest absolute Gasteiger partial charge is 0.257 e. The number of sulfonamides is 1. The Balaban J connectivity index is 2.10. The van der Waals surface area contributed by atoms with Crippen LogP contribution in [0.15, 0.2) is 11.2 Å². The summed E-state index contributed by atoms with van der Waals surface area (Å²) in [5.74, 6) is 1.62. The average molecular weight is 285 g/mol. The van der Waals surface area contributed by atoms with Gasteiger partial charge in [-0.25, -0.2) is 18.5 Å². The fourth-order valence-electron chi connectivity index (χ4n) is 2.80. The van der Waals surface area contributed by atoms with Crippen LogP contribution >= 0.6 is 0 Å². The minimum absolute atomic E-state index is 0.00220. The van der Waals surface area contributed by atoms with Crippen LogP contribution in [-0.4, -0.2) is 18.0 Å². The van der Waals surface area contributed by atoms with E-state index in [1.54, 1.807) is 6.20 Å². The molecule has 1 aliphatic rings. The van der Waals surface area contributed by atoms with Crippen molar-refractivity contribution in [2.45, 2.75) is 63.4 Å². The summed E-state index contributed by atoms with van der Waals surface area (Å²) in [6.07, 6.45) is 9.72. The van der Waals surface area contributed by atoms with Gasteiger partial charge in [-0.3, -0.25) is 0 Å². The van der Waals surface area contributed by atoms with Gasteiger partial charge in [0.1, 0.15) is 5.82 Å². The van der Waals surface area contributed by atoms with E-state index < -0.39 is 10.0 Å². The molecule has 0 atom stereocenters. The number of hydrogen-bond acceptors (Lipinski definition) is 3. The number of nitrogens with two attached hydrogens (primary N) is 1. The molecule has 1 saturated carbocycles. The summed E-state index contributed by atoms with van der Waals surface area (Å²) in [5, 5.41) is 5.15. The van der Waals surface area contributed by atoms with Crippen LogP contribution in [-0.2, 0) is 23.0 Å². The molecule has 6 heteroatoms. The van der Waals surface area contributed by atoms with Crippen LogP contribution in [0.2, 0.25) is 0 Å². The molecule has 0 aliphatic heterocycles. The molecule has 0 spiro atoms. The van der Waals surface area contributed by atoms with Crippen molar-refractivity contribution in [1.82, 2.24) is 9.55 Å². The molecule has 0 aromatic carbocycles. The van der Waals surface area contributed by atoms with Gasteiger partial charge < -0.3 is 4.57 Å². The van der Waals surface area contributed by atoms with Crippen molar-refractivity contribution in [2.24, 2.45) is 11.1 Å². The normalized spacial score (nSPS) is 17.2. The Morgan fingerprint density at radius 1 is 1.42 bits per heavy atom. The second-order valence-electron chi connectivity index (χ2n) is 5.42. The summed E-state index contributed by atoms with van der Waals surface area (Å²) in [4.78, 5) is 4.17. The molecular formula is C13H23N3O2S. The van der Waals surface area contributed by atoms with Crippen molar-refractivity contribution >= 4 is 10.0 Å². The zero-order chi connectivity index (χ0) is 13.9. The molecule has 108 valence electrons. The summed E-state index contributed by atoms with van der Waals surface area (Å²) in [7, 11) is -3.69. The lowest BCUT2D eigenvalue weighted by molar-refractivity contribution is 0.451. The van der Waals surface area contributed by atoms with Crippen molar-refractivity contribution < 1.29 is 8.42 Å². The van der Waals surface area contributed by atoms with Gasteiger partial charge in [0.25, 0.3) is 10.0 Å². The highest BCUT2D eigenvalue weighted by atomic mass is 32.2. The number of aryl methyl sites for hydroxylation is 2. The van der Waals surface area contributed by atoms with Crippen LogP contribution in [0.25, 0.3) is 0 Å². The molecule has 5 nitrogen and oxygen atoms in total. The molecule has 0 radical (unpaired) electrons. The zero-order valence-corrected chi connectivity index (χ0v) is 12.3. The molecule has 1 aromatic rings. The number of primary sulfonamides is 1. The number of imidazole rings is 1. The highest BCUT2D eigenvalue weighted by Crippen LogP contribution is 2.28. The Morgan fingerprint density at radius 3 is 2.68 bits per heavy atom. The van der Waals surface area contributed by atoms with E-state index in [9.17, 15) is 8.42 Å². The molecular weight excluding hydrogens is 262 g/mol. The number of nitrogens with zero attached hydrogens (tertiary/aromatic N) is 2. The largest absolute Gasteiger partial charge is 0.333 e. The van der Waals surface area contributed by atoms with Crippen molar-refractivity contribution in [3.63, 3.8) is 0 Å². The Morgan fingerprint density at radius 2 is 2.11 bits per heavy atom. The van der Waals surface area contributed by atoms with Crippen LogP contribution < -0.4 is 5.14 Å². The number of rotatable bonds is 6. The first-order chi connectivity index (χ1) is 9.00. The highest BCUT2D eigenvalue weighted by Gasteiger charge is 2.18. The van der Waals surface area contributed by atoms with Gasteiger partial charge in [0.2, 0.25) is 0 Å². The first-order valence-corrected chi connectivity index (χ1v) is 8.64. The van der Waals surface area contributed by atoms with E-state index in [1.807, 2.05) is 4.57 Å². The second-order valence-corrected chi connectivity index (χ2v) is 6.93. The van der Waals surface area contributed by atoms with E-state index in [2.05, 4.69) is 11.9 Å². The molecule has 1 fully saturated rings. The van der Waals surface area contributed by atoms with Gasteiger partial charge in [-0.05, 0) is 18.8 Å². The first kappa shape index (κ1) is 14.5. The third kappa shape index (κ3) is 3.79. The van der Waals surface area contributed by atoms with Gasteiger partial charge in [0.05, 0.1) is 0 Å². The highest BCUT2D eigenvalue weighted by molar-refractivity contribution is 7.89. The quantitative estimate of drug-likeness (QED) is 0.869. The SMILES string of the molecule is CCCc1nc(S(N)(=O)=O)cn1CCC1CCCC1. The predicted molar refractivity (Wildman–Crippen MR) is 74.2 cm³/mol. The van der Waals surface area contributed by atoms with Crippen LogP contribution in [0.1, 0.15) is 51.3 Å². The topological polar surface area (TPSA) is 78.0 Å². The van der Waals surface area contributed by atoms with Crippen LogP contribution in [0, 0.1) is 5.92 Å². The van der Waals surface area contributed by atoms with Crippen LogP contribution in [0.3, 0.4) is 0 Å². The van der Waals surface area contributed by atoms with Gasteiger partial charge in [-0.2, -0.15) is 0 Å². The van der Waals surface area contributed by atoms with Gasteiger partial charge >= 0.3 is 0 Å². The van der Waals surface area contributed by atoms with Gasteiger partial charge in [0, 0.05) is 19.2 Å². The lowest BCUT2D eigenvalue weighted by Gasteiger charge is -2.11.